The summed E-state index contributed by atoms with van der Waals surface area (Å²) in [5.74, 6) is 1.23. The van der Waals surface area contributed by atoms with E-state index in [1.54, 1.807) is 30.9 Å². The summed E-state index contributed by atoms with van der Waals surface area (Å²) in [7, 11) is 3.13. The van der Waals surface area contributed by atoms with Gasteiger partial charge in [0.25, 0.3) is 5.56 Å². The lowest BCUT2D eigenvalue weighted by atomic mass is 10.1. The van der Waals surface area contributed by atoms with Crippen molar-refractivity contribution < 1.29 is 9.47 Å². The number of aryl methyl sites for hydroxylation is 1. The summed E-state index contributed by atoms with van der Waals surface area (Å²) >= 11 is 1.43. The average Bonchev–Trinajstić information content (AvgIpc) is 2.98. The van der Waals surface area contributed by atoms with Crippen LogP contribution in [0.15, 0.2) is 33.2 Å². The molecule has 0 radical (unpaired) electrons. The average molecular weight is 388 g/mol. The SMILES string of the molecule is COc1ccc(Cn2c(=O)c3c(C)csc3n(C(C)(C)C)c2=O)c(OC)c1. The van der Waals surface area contributed by atoms with Crippen molar-refractivity contribution in [1.82, 2.24) is 9.13 Å². The van der Waals surface area contributed by atoms with Crippen molar-refractivity contribution in [3.05, 3.63) is 55.5 Å². The number of hydrogen-bond donors (Lipinski definition) is 0. The van der Waals surface area contributed by atoms with Gasteiger partial charge in [-0.05, 0) is 50.8 Å². The Kier molecular flexibility index (Phi) is 4.90. The van der Waals surface area contributed by atoms with Gasteiger partial charge in [0, 0.05) is 17.2 Å². The zero-order chi connectivity index (χ0) is 19.9. The Morgan fingerprint density at radius 1 is 1.11 bits per heavy atom. The number of rotatable bonds is 4. The predicted octanol–water partition coefficient (Wildman–Crippen LogP) is 3.35. The second-order valence-electron chi connectivity index (χ2n) is 7.46. The molecule has 6 nitrogen and oxygen atoms in total. The summed E-state index contributed by atoms with van der Waals surface area (Å²) in [6.07, 6.45) is 0. The molecule has 3 aromatic rings. The molecule has 2 heterocycles. The minimum atomic E-state index is -0.452. The highest BCUT2D eigenvalue weighted by molar-refractivity contribution is 7.17. The minimum absolute atomic E-state index is 0.131. The zero-order valence-electron chi connectivity index (χ0n) is 16.5. The molecular formula is C20H24N2O4S. The highest BCUT2D eigenvalue weighted by Crippen LogP contribution is 2.27. The molecule has 0 aliphatic rings. The Hall–Kier alpha value is -2.54. The van der Waals surface area contributed by atoms with Crippen molar-refractivity contribution in [3.63, 3.8) is 0 Å². The Balaban J connectivity index is 2.29. The molecule has 0 spiro atoms. The summed E-state index contributed by atoms with van der Waals surface area (Å²) < 4.78 is 13.6. The van der Waals surface area contributed by atoms with Crippen LogP contribution in [-0.4, -0.2) is 23.4 Å². The third-order valence-electron chi connectivity index (χ3n) is 4.53. The zero-order valence-corrected chi connectivity index (χ0v) is 17.3. The molecule has 0 aliphatic heterocycles. The van der Waals surface area contributed by atoms with Crippen LogP contribution in [0.5, 0.6) is 11.5 Å². The Morgan fingerprint density at radius 3 is 2.41 bits per heavy atom. The van der Waals surface area contributed by atoms with Gasteiger partial charge in [0.15, 0.2) is 0 Å². The van der Waals surface area contributed by atoms with E-state index in [-0.39, 0.29) is 17.8 Å². The van der Waals surface area contributed by atoms with Crippen molar-refractivity contribution in [3.8, 4) is 11.5 Å². The van der Waals surface area contributed by atoms with Crippen LogP contribution >= 0.6 is 11.3 Å². The Bertz CT molecular complexity index is 1120. The van der Waals surface area contributed by atoms with Crippen molar-refractivity contribution >= 4 is 21.6 Å². The predicted molar refractivity (Wildman–Crippen MR) is 109 cm³/mol. The normalized spacial score (nSPS) is 11.8. The monoisotopic (exact) mass is 388 g/mol. The molecule has 0 fully saturated rings. The van der Waals surface area contributed by atoms with Gasteiger partial charge in [-0.15, -0.1) is 11.3 Å². The number of aromatic nitrogens is 2. The Morgan fingerprint density at radius 2 is 1.81 bits per heavy atom. The van der Waals surface area contributed by atoms with Crippen LogP contribution in [0.3, 0.4) is 0 Å². The third kappa shape index (κ3) is 3.27. The molecule has 0 saturated heterocycles. The molecule has 7 heteroatoms. The first-order valence-corrected chi connectivity index (χ1v) is 9.52. The van der Waals surface area contributed by atoms with Crippen LogP contribution in [-0.2, 0) is 12.1 Å². The molecule has 0 N–H and O–H groups in total. The van der Waals surface area contributed by atoms with Crippen molar-refractivity contribution in [2.75, 3.05) is 14.2 Å². The van der Waals surface area contributed by atoms with Gasteiger partial charge in [0.05, 0.1) is 26.2 Å². The molecule has 144 valence electrons. The van der Waals surface area contributed by atoms with Gasteiger partial charge >= 0.3 is 5.69 Å². The summed E-state index contributed by atoms with van der Waals surface area (Å²) in [6.45, 7) is 7.92. The second-order valence-corrected chi connectivity index (χ2v) is 8.31. The van der Waals surface area contributed by atoms with Gasteiger partial charge in [0.1, 0.15) is 16.3 Å². The molecule has 0 amide bonds. The quantitative estimate of drug-likeness (QED) is 0.688. The third-order valence-corrected chi connectivity index (χ3v) is 5.61. The van der Waals surface area contributed by atoms with E-state index in [4.69, 9.17) is 9.47 Å². The van der Waals surface area contributed by atoms with E-state index in [1.807, 2.05) is 39.1 Å². The number of ether oxygens (including phenoxy) is 2. The van der Waals surface area contributed by atoms with Crippen molar-refractivity contribution in [2.24, 2.45) is 0 Å². The first-order valence-electron chi connectivity index (χ1n) is 8.64. The summed E-state index contributed by atoms with van der Waals surface area (Å²) in [4.78, 5) is 27.1. The van der Waals surface area contributed by atoms with Crippen molar-refractivity contribution in [2.45, 2.75) is 39.8 Å². The standard InChI is InChI=1S/C20H24N2O4S/c1-12-11-27-18-16(12)17(23)21(19(24)22(18)20(2,3)4)10-13-7-8-14(25-5)9-15(13)26-6/h7-9,11H,10H2,1-6H3. The molecule has 0 unspecified atom stereocenters. The van der Waals surface area contributed by atoms with Gasteiger partial charge in [0.2, 0.25) is 0 Å². The van der Waals surface area contributed by atoms with Crippen LogP contribution in [0.2, 0.25) is 0 Å². The lowest BCUT2D eigenvalue weighted by molar-refractivity contribution is 0.377. The first kappa shape index (κ1) is 19.2. The maximum Gasteiger partial charge on any atom is 0.332 e. The van der Waals surface area contributed by atoms with E-state index >= 15 is 0 Å². The van der Waals surface area contributed by atoms with Gasteiger partial charge < -0.3 is 9.47 Å². The fraction of sp³-hybridized carbons (Fsp3) is 0.400. The second kappa shape index (κ2) is 6.88. The van der Waals surface area contributed by atoms with Crippen LogP contribution in [0.1, 0.15) is 31.9 Å². The Labute approximate surface area is 161 Å². The minimum Gasteiger partial charge on any atom is -0.497 e. The molecule has 0 bridgehead atoms. The number of fused-ring (bicyclic) bond motifs is 1. The molecule has 27 heavy (non-hydrogen) atoms. The lowest BCUT2D eigenvalue weighted by Crippen LogP contribution is -2.45. The largest absolute Gasteiger partial charge is 0.497 e. The van der Waals surface area contributed by atoms with Crippen LogP contribution in [0.25, 0.3) is 10.2 Å². The van der Waals surface area contributed by atoms with E-state index in [2.05, 4.69) is 0 Å². The summed E-state index contributed by atoms with van der Waals surface area (Å²) in [5, 5.41) is 2.52. The van der Waals surface area contributed by atoms with E-state index in [0.29, 0.717) is 21.7 Å². The smallest absolute Gasteiger partial charge is 0.332 e. The maximum absolute atomic E-state index is 13.3. The van der Waals surface area contributed by atoms with Crippen LogP contribution in [0.4, 0.5) is 0 Å². The van der Waals surface area contributed by atoms with Gasteiger partial charge in [-0.25, -0.2) is 4.79 Å². The van der Waals surface area contributed by atoms with E-state index in [0.717, 1.165) is 11.1 Å². The number of methoxy groups -OCH3 is 2. The van der Waals surface area contributed by atoms with Crippen LogP contribution < -0.4 is 20.7 Å². The lowest BCUT2D eigenvalue weighted by Gasteiger charge is -2.24. The fourth-order valence-corrected chi connectivity index (χ4v) is 4.40. The first-order chi connectivity index (χ1) is 12.7. The van der Waals surface area contributed by atoms with Crippen LogP contribution in [0, 0.1) is 6.92 Å². The van der Waals surface area contributed by atoms with Crippen molar-refractivity contribution in [1.29, 1.82) is 0 Å². The number of thiophene rings is 1. The highest BCUT2D eigenvalue weighted by Gasteiger charge is 2.24. The summed E-state index contributed by atoms with van der Waals surface area (Å²) in [5.41, 5.74) is 0.581. The fourth-order valence-electron chi connectivity index (χ4n) is 3.17. The molecular weight excluding hydrogens is 364 g/mol. The highest BCUT2D eigenvalue weighted by atomic mass is 32.1. The molecule has 0 atom stereocenters. The van der Waals surface area contributed by atoms with Gasteiger partial charge in [-0.2, -0.15) is 0 Å². The summed E-state index contributed by atoms with van der Waals surface area (Å²) in [6, 6.07) is 5.35. The maximum atomic E-state index is 13.3. The number of hydrogen-bond acceptors (Lipinski definition) is 5. The molecule has 3 rings (SSSR count). The van der Waals surface area contributed by atoms with Gasteiger partial charge in [-0.3, -0.25) is 13.9 Å². The molecule has 0 saturated carbocycles. The van der Waals surface area contributed by atoms with E-state index < -0.39 is 5.54 Å². The number of nitrogens with zero attached hydrogens (tertiary/aromatic N) is 2. The molecule has 2 aromatic heterocycles. The number of benzene rings is 1. The van der Waals surface area contributed by atoms with E-state index in [1.165, 1.54) is 15.9 Å². The van der Waals surface area contributed by atoms with Gasteiger partial charge in [-0.1, -0.05) is 0 Å². The molecule has 0 aliphatic carbocycles. The van der Waals surface area contributed by atoms with E-state index in [9.17, 15) is 9.59 Å². The topological polar surface area (TPSA) is 62.5 Å². The molecule has 1 aromatic carbocycles.